The van der Waals surface area contributed by atoms with E-state index in [9.17, 15) is 18.0 Å². The van der Waals surface area contributed by atoms with Gasteiger partial charge in [-0.2, -0.15) is 13.2 Å². The molecule has 1 aliphatic rings. The number of carboxylic acids is 1. The standard InChI is InChI=1S/C13H11F3N2O2S/c14-13(15,16)7-1-4-10-9(5-7)17-12(21-6-11(19)20)18(10)8-2-3-8/h1,4-5,8H,2-3,6H2,(H,19,20). The molecule has 0 amide bonds. The van der Waals surface area contributed by atoms with Gasteiger partial charge in [0.25, 0.3) is 0 Å². The lowest BCUT2D eigenvalue weighted by Crippen LogP contribution is -2.04. The first kappa shape index (κ1) is 14.2. The summed E-state index contributed by atoms with van der Waals surface area (Å²) < 4.78 is 40.0. The Morgan fingerprint density at radius 3 is 2.71 bits per heavy atom. The van der Waals surface area contributed by atoms with Gasteiger partial charge in [-0.1, -0.05) is 11.8 Å². The molecule has 0 saturated heterocycles. The van der Waals surface area contributed by atoms with Gasteiger partial charge in [0.15, 0.2) is 5.16 Å². The number of carbonyl (C=O) groups is 1. The summed E-state index contributed by atoms with van der Waals surface area (Å²) in [6.45, 7) is 0. The molecule has 0 atom stereocenters. The first-order valence-electron chi connectivity index (χ1n) is 6.30. The molecule has 1 N–H and O–H groups in total. The van der Waals surface area contributed by atoms with Gasteiger partial charge in [0, 0.05) is 6.04 Å². The van der Waals surface area contributed by atoms with Crippen LogP contribution in [-0.2, 0) is 11.0 Å². The van der Waals surface area contributed by atoms with Gasteiger partial charge in [-0.05, 0) is 31.0 Å². The molecule has 1 fully saturated rings. The largest absolute Gasteiger partial charge is 0.481 e. The van der Waals surface area contributed by atoms with Crippen LogP contribution in [0.3, 0.4) is 0 Å². The molecule has 21 heavy (non-hydrogen) atoms. The smallest absolute Gasteiger partial charge is 0.416 e. The van der Waals surface area contributed by atoms with Crippen molar-refractivity contribution in [3.63, 3.8) is 0 Å². The highest BCUT2D eigenvalue weighted by Crippen LogP contribution is 2.42. The van der Waals surface area contributed by atoms with E-state index in [2.05, 4.69) is 4.98 Å². The molecule has 2 aromatic rings. The maximum absolute atomic E-state index is 12.7. The second kappa shape index (κ2) is 4.94. The Labute approximate surface area is 122 Å². The molecule has 0 aliphatic heterocycles. The highest BCUT2D eigenvalue weighted by molar-refractivity contribution is 7.99. The molecule has 1 aromatic heterocycles. The number of hydrogen-bond donors (Lipinski definition) is 1. The van der Waals surface area contributed by atoms with E-state index < -0.39 is 17.7 Å². The van der Waals surface area contributed by atoms with E-state index in [0.29, 0.717) is 10.7 Å². The van der Waals surface area contributed by atoms with E-state index in [-0.39, 0.29) is 17.3 Å². The fourth-order valence-electron chi connectivity index (χ4n) is 2.17. The second-order valence-electron chi connectivity index (χ2n) is 4.88. The Morgan fingerprint density at radius 2 is 2.14 bits per heavy atom. The van der Waals surface area contributed by atoms with Crippen LogP contribution in [0.1, 0.15) is 24.4 Å². The van der Waals surface area contributed by atoms with E-state index in [1.165, 1.54) is 6.07 Å². The van der Waals surface area contributed by atoms with Crippen molar-refractivity contribution in [2.45, 2.75) is 30.2 Å². The van der Waals surface area contributed by atoms with Crippen LogP contribution in [0.25, 0.3) is 11.0 Å². The summed E-state index contributed by atoms with van der Waals surface area (Å²) in [6.07, 6.45) is -2.54. The van der Waals surface area contributed by atoms with Gasteiger partial charge in [0.05, 0.1) is 22.3 Å². The van der Waals surface area contributed by atoms with Crippen LogP contribution in [0.2, 0.25) is 0 Å². The Morgan fingerprint density at radius 1 is 1.43 bits per heavy atom. The summed E-state index contributed by atoms with van der Waals surface area (Å²) in [6, 6.07) is 3.67. The van der Waals surface area contributed by atoms with Gasteiger partial charge < -0.3 is 9.67 Å². The lowest BCUT2D eigenvalue weighted by Gasteiger charge is -2.07. The molecule has 1 aromatic carbocycles. The fourth-order valence-corrected chi connectivity index (χ4v) is 2.97. The minimum atomic E-state index is -4.41. The van der Waals surface area contributed by atoms with Crippen LogP contribution in [-0.4, -0.2) is 26.4 Å². The van der Waals surface area contributed by atoms with E-state index in [0.717, 1.165) is 36.7 Å². The molecule has 1 saturated carbocycles. The van der Waals surface area contributed by atoms with Crippen LogP contribution in [0.15, 0.2) is 23.4 Å². The van der Waals surface area contributed by atoms with Crippen LogP contribution in [0.4, 0.5) is 13.2 Å². The van der Waals surface area contributed by atoms with E-state index in [1.54, 1.807) is 0 Å². The SMILES string of the molecule is O=C(O)CSc1nc2cc(C(F)(F)F)ccc2n1C1CC1. The first-order valence-corrected chi connectivity index (χ1v) is 7.28. The quantitative estimate of drug-likeness (QED) is 0.876. The third kappa shape index (κ3) is 2.85. The lowest BCUT2D eigenvalue weighted by atomic mass is 10.2. The Kier molecular flexibility index (Phi) is 3.35. The van der Waals surface area contributed by atoms with Gasteiger partial charge in [-0.15, -0.1) is 0 Å². The second-order valence-corrected chi connectivity index (χ2v) is 5.82. The molecule has 0 spiro atoms. The maximum Gasteiger partial charge on any atom is 0.416 e. The van der Waals surface area contributed by atoms with Crippen LogP contribution in [0.5, 0.6) is 0 Å². The van der Waals surface area contributed by atoms with Crippen molar-refractivity contribution in [1.29, 1.82) is 0 Å². The fraction of sp³-hybridized carbons (Fsp3) is 0.385. The normalized spacial score (nSPS) is 15.6. The molecule has 3 rings (SSSR count). The highest BCUT2D eigenvalue weighted by atomic mass is 32.2. The average molecular weight is 316 g/mol. The predicted octanol–water partition coefficient (Wildman–Crippen LogP) is 3.57. The van der Waals surface area contributed by atoms with Crippen molar-refractivity contribution >= 4 is 28.8 Å². The number of carboxylic acid groups (broad SMARTS) is 1. The molecule has 1 heterocycles. The zero-order chi connectivity index (χ0) is 15.2. The number of aromatic nitrogens is 2. The number of alkyl halides is 3. The minimum absolute atomic E-state index is 0.165. The molecule has 1 aliphatic carbocycles. The number of hydrogen-bond acceptors (Lipinski definition) is 3. The maximum atomic E-state index is 12.7. The average Bonchev–Trinajstić information content (AvgIpc) is 3.15. The van der Waals surface area contributed by atoms with Gasteiger partial charge >= 0.3 is 12.1 Å². The summed E-state index contributed by atoms with van der Waals surface area (Å²) in [7, 11) is 0. The van der Waals surface area contributed by atoms with Crippen LogP contribution in [0, 0.1) is 0 Å². The molecule has 0 bridgehead atoms. The van der Waals surface area contributed by atoms with E-state index in [4.69, 9.17) is 5.11 Å². The summed E-state index contributed by atoms with van der Waals surface area (Å²) >= 11 is 1.03. The number of nitrogens with zero attached hydrogens (tertiary/aromatic N) is 2. The topological polar surface area (TPSA) is 55.1 Å². The van der Waals surface area contributed by atoms with Crippen molar-refractivity contribution in [3.8, 4) is 0 Å². The van der Waals surface area contributed by atoms with Crippen molar-refractivity contribution in [3.05, 3.63) is 23.8 Å². The number of aliphatic carboxylic acids is 1. The number of fused-ring (bicyclic) bond motifs is 1. The van der Waals surface area contributed by atoms with Crippen molar-refractivity contribution in [1.82, 2.24) is 9.55 Å². The van der Waals surface area contributed by atoms with Crippen LogP contribution < -0.4 is 0 Å². The molecular weight excluding hydrogens is 305 g/mol. The Balaban J connectivity index is 2.05. The molecule has 4 nitrogen and oxygen atoms in total. The summed E-state index contributed by atoms with van der Waals surface area (Å²) in [5.74, 6) is -1.15. The van der Waals surface area contributed by atoms with Gasteiger partial charge in [0.2, 0.25) is 0 Å². The third-order valence-electron chi connectivity index (χ3n) is 3.22. The molecule has 0 unspecified atom stereocenters. The van der Waals surface area contributed by atoms with E-state index in [1.807, 2.05) is 4.57 Å². The van der Waals surface area contributed by atoms with Crippen molar-refractivity contribution in [2.75, 3.05) is 5.75 Å². The van der Waals surface area contributed by atoms with E-state index >= 15 is 0 Å². The zero-order valence-electron chi connectivity index (χ0n) is 10.7. The number of imidazole rings is 1. The Bertz CT molecular complexity index is 707. The van der Waals surface area contributed by atoms with Gasteiger partial charge in [0.1, 0.15) is 0 Å². The number of thioether (sulfide) groups is 1. The molecule has 0 radical (unpaired) electrons. The third-order valence-corrected chi connectivity index (χ3v) is 4.16. The summed E-state index contributed by atoms with van der Waals surface area (Å²) in [5, 5.41) is 9.21. The predicted molar refractivity (Wildman–Crippen MR) is 71.4 cm³/mol. The molecule has 112 valence electrons. The monoisotopic (exact) mass is 316 g/mol. The number of rotatable bonds is 4. The summed E-state index contributed by atoms with van der Waals surface area (Å²) in [5.41, 5.74) is 0.133. The van der Waals surface area contributed by atoms with Gasteiger partial charge in [-0.25, -0.2) is 4.98 Å². The minimum Gasteiger partial charge on any atom is -0.481 e. The number of halogens is 3. The Hall–Kier alpha value is -1.70. The van der Waals surface area contributed by atoms with Crippen LogP contribution >= 0.6 is 11.8 Å². The number of benzene rings is 1. The molecular formula is C13H11F3N2O2S. The van der Waals surface area contributed by atoms with Crippen molar-refractivity contribution < 1.29 is 23.1 Å². The van der Waals surface area contributed by atoms with Gasteiger partial charge in [-0.3, -0.25) is 4.79 Å². The zero-order valence-corrected chi connectivity index (χ0v) is 11.5. The first-order chi connectivity index (χ1) is 9.86. The highest BCUT2D eigenvalue weighted by Gasteiger charge is 2.33. The lowest BCUT2D eigenvalue weighted by molar-refractivity contribution is -0.137. The summed E-state index contributed by atoms with van der Waals surface area (Å²) in [4.78, 5) is 14.8. The van der Waals surface area contributed by atoms with Crippen molar-refractivity contribution in [2.24, 2.45) is 0 Å². The molecule has 8 heteroatoms.